The third-order valence-corrected chi connectivity index (χ3v) is 5.72. The van der Waals surface area contributed by atoms with Crippen LogP contribution < -0.4 is 4.90 Å². The Hall–Kier alpha value is -2.65. The predicted octanol–water partition coefficient (Wildman–Crippen LogP) is 4.02. The summed E-state index contributed by atoms with van der Waals surface area (Å²) in [4.78, 5) is 4.43. The summed E-state index contributed by atoms with van der Waals surface area (Å²) in [6.07, 6.45) is -5.26. The van der Waals surface area contributed by atoms with Gasteiger partial charge in [-0.2, -0.15) is 13.2 Å². The number of aliphatic hydroxyl groups is 1. The third kappa shape index (κ3) is 3.99. The molecule has 160 valence electrons. The van der Waals surface area contributed by atoms with Crippen LogP contribution >= 0.6 is 0 Å². The average Bonchev–Trinajstić information content (AvgIpc) is 3.20. The number of alkyl halides is 3. The minimum Gasteiger partial charge on any atom is -0.379 e. The molecule has 3 aromatic rings. The molecule has 2 heterocycles. The second kappa shape index (κ2) is 7.88. The summed E-state index contributed by atoms with van der Waals surface area (Å²) < 4.78 is 43.8. The maximum Gasteiger partial charge on any atom is 0.418 e. The second-order valence-electron chi connectivity index (χ2n) is 7.88. The minimum atomic E-state index is -4.72. The first kappa shape index (κ1) is 20.6. The molecule has 1 saturated heterocycles. The highest BCUT2D eigenvalue weighted by Crippen LogP contribution is 2.37. The van der Waals surface area contributed by atoms with E-state index in [0.29, 0.717) is 28.2 Å². The van der Waals surface area contributed by atoms with E-state index in [4.69, 9.17) is 4.63 Å². The quantitative estimate of drug-likeness (QED) is 0.688. The zero-order valence-electron chi connectivity index (χ0n) is 16.7. The number of piperidine rings is 1. The summed E-state index contributed by atoms with van der Waals surface area (Å²) in [5, 5.41) is 17.6. The molecule has 1 N–H and O–H groups in total. The number of rotatable bonds is 4. The predicted molar refractivity (Wildman–Crippen MR) is 107 cm³/mol. The molecule has 1 fully saturated rings. The number of fused-ring (bicyclic) bond motifs is 1. The van der Waals surface area contributed by atoms with Crippen molar-refractivity contribution in [3.8, 4) is 11.1 Å². The molecule has 30 heavy (non-hydrogen) atoms. The van der Waals surface area contributed by atoms with Crippen molar-refractivity contribution in [2.45, 2.75) is 31.2 Å². The van der Waals surface area contributed by atoms with E-state index in [0.717, 1.165) is 31.6 Å². The zero-order valence-corrected chi connectivity index (χ0v) is 16.7. The van der Waals surface area contributed by atoms with Crippen LogP contribution in [0.15, 0.2) is 41.0 Å². The Morgan fingerprint density at radius 2 is 1.83 bits per heavy atom. The van der Waals surface area contributed by atoms with Crippen LogP contribution in [0.2, 0.25) is 0 Å². The van der Waals surface area contributed by atoms with Crippen LogP contribution in [-0.2, 0) is 0 Å². The fourth-order valence-corrected chi connectivity index (χ4v) is 3.98. The van der Waals surface area contributed by atoms with Gasteiger partial charge in [-0.15, -0.1) is 0 Å². The third-order valence-electron chi connectivity index (χ3n) is 5.72. The summed E-state index contributed by atoms with van der Waals surface area (Å²) in [5.74, 6) is 0. The molecule has 1 unspecified atom stereocenters. The van der Waals surface area contributed by atoms with E-state index in [-0.39, 0.29) is 5.56 Å². The Kier molecular flexibility index (Phi) is 5.42. The first-order valence-electron chi connectivity index (χ1n) is 9.77. The standard InChI is InChI=1S/C21H23F3N4O2/c1-27(2)16-6-8-28(9-7-16)18-12-15(11-17-19(18)26-30-25-17)13-4-3-5-14(10-13)20(29)21(22,23)24/h3-5,10-12,16,20,29H,6-9H2,1-2H3. The van der Waals surface area contributed by atoms with Crippen LogP contribution in [0.25, 0.3) is 22.2 Å². The maximum atomic E-state index is 12.9. The Labute approximate surface area is 171 Å². The van der Waals surface area contributed by atoms with Gasteiger partial charge in [-0.1, -0.05) is 18.2 Å². The highest BCUT2D eigenvalue weighted by Gasteiger charge is 2.39. The molecule has 0 spiro atoms. The van der Waals surface area contributed by atoms with Gasteiger partial charge in [0.25, 0.3) is 0 Å². The SMILES string of the molecule is CN(C)C1CCN(c2cc(-c3cccc(C(O)C(F)(F)F)c3)cc3nonc23)CC1. The zero-order chi connectivity index (χ0) is 21.5. The topological polar surface area (TPSA) is 65.6 Å². The van der Waals surface area contributed by atoms with Gasteiger partial charge in [0.05, 0.1) is 5.69 Å². The minimum absolute atomic E-state index is 0.202. The van der Waals surface area contributed by atoms with Gasteiger partial charge in [0.15, 0.2) is 11.6 Å². The molecule has 0 saturated carbocycles. The summed E-state index contributed by atoms with van der Waals surface area (Å²) in [6, 6.07) is 9.99. The molecule has 0 bridgehead atoms. The molecule has 6 nitrogen and oxygen atoms in total. The lowest BCUT2D eigenvalue weighted by molar-refractivity contribution is -0.206. The van der Waals surface area contributed by atoms with Crippen molar-refractivity contribution in [1.29, 1.82) is 0 Å². The molecule has 1 aliphatic rings. The summed E-state index contributed by atoms with van der Waals surface area (Å²) in [7, 11) is 4.14. The molecule has 0 amide bonds. The van der Waals surface area contributed by atoms with Gasteiger partial charge in [0, 0.05) is 19.1 Å². The van der Waals surface area contributed by atoms with E-state index >= 15 is 0 Å². The smallest absolute Gasteiger partial charge is 0.379 e. The van der Waals surface area contributed by atoms with Gasteiger partial charge in [0.2, 0.25) is 0 Å². The number of benzene rings is 2. The van der Waals surface area contributed by atoms with Crippen LogP contribution in [0.1, 0.15) is 24.5 Å². The van der Waals surface area contributed by atoms with Gasteiger partial charge in [-0.3, -0.25) is 0 Å². The van der Waals surface area contributed by atoms with Crippen molar-refractivity contribution < 1.29 is 22.9 Å². The molecule has 1 aliphatic heterocycles. The summed E-state index contributed by atoms with van der Waals surface area (Å²) in [6.45, 7) is 1.67. The number of hydrogen-bond donors (Lipinski definition) is 1. The molecule has 0 aliphatic carbocycles. The van der Waals surface area contributed by atoms with Crippen molar-refractivity contribution in [3.05, 3.63) is 42.0 Å². The van der Waals surface area contributed by atoms with Crippen molar-refractivity contribution in [1.82, 2.24) is 15.2 Å². The molecule has 2 aromatic carbocycles. The van der Waals surface area contributed by atoms with Gasteiger partial charge in [0.1, 0.15) is 5.52 Å². The van der Waals surface area contributed by atoms with Crippen molar-refractivity contribution in [3.63, 3.8) is 0 Å². The second-order valence-corrected chi connectivity index (χ2v) is 7.88. The van der Waals surface area contributed by atoms with Gasteiger partial charge in [-0.05, 0) is 72.1 Å². The lowest BCUT2D eigenvalue weighted by Gasteiger charge is -2.36. The lowest BCUT2D eigenvalue weighted by atomic mass is 9.98. The first-order valence-corrected chi connectivity index (χ1v) is 9.77. The molecule has 9 heteroatoms. The number of nitrogens with zero attached hydrogens (tertiary/aromatic N) is 4. The molecule has 4 rings (SSSR count). The number of hydrogen-bond acceptors (Lipinski definition) is 6. The number of halogens is 3. The first-order chi connectivity index (χ1) is 14.2. The normalized spacial score (nSPS) is 17.1. The van der Waals surface area contributed by atoms with E-state index in [9.17, 15) is 18.3 Å². The van der Waals surface area contributed by atoms with Gasteiger partial charge >= 0.3 is 6.18 Å². The van der Waals surface area contributed by atoms with Crippen LogP contribution in [0.5, 0.6) is 0 Å². The molecule has 1 aromatic heterocycles. The molecular formula is C21H23F3N4O2. The van der Waals surface area contributed by atoms with E-state index in [1.165, 1.54) is 18.2 Å². The lowest BCUT2D eigenvalue weighted by Crippen LogP contribution is -2.42. The van der Waals surface area contributed by atoms with Crippen LogP contribution in [-0.4, -0.2) is 59.7 Å². The fraction of sp³-hybridized carbons (Fsp3) is 0.429. The van der Waals surface area contributed by atoms with Crippen molar-refractivity contribution in [2.24, 2.45) is 0 Å². The highest BCUT2D eigenvalue weighted by molar-refractivity contribution is 5.92. The van der Waals surface area contributed by atoms with E-state index in [1.54, 1.807) is 12.1 Å². The Bertz CT molecular complexity index is 1030. The molecular weight excluding hydrogens is 397 g/mol. The molecule has 0 radical (unpaired) electrons. The fourth-order valence-electron chi connectivity index (χ4n) is 3.98. The van der Waals surface area contributed by atoms with Crippen molar-refractivity contribution in [2.75, 3.05) is 32.1 Å². The van der Waals surface area contributed by atoms with E-state index < -0.39 is 12.3 Å². The summed E-state index contributed by atoms with van der Waals surface area (Å²) >= 11 is 0. The average molecular weight is 420 g/mol. The Morgan fingerprint density at radius 1 is 1.10 bits per heavy atom. The number of aliphatic hydroxyl groups excluding tert-OH is 1. The van der Waals surface area contributed by atoms with E-state index in [2.05, 4.69) is 34.2 Å². The van der Waals surface area contributed by atoms with Crippen molar-refractivity contribution >= 4 is 16.7 Å². The number of aromatic nitrogens is 2. The van der Waals surface area contributed by atoms with Crippen LogP contribution in [0, 0.1) is 0 Å². The Balaban J connectivity index is 1.70. The monoisotopic (exact) mass is 420 g/mol. The summed E-state index contributed by atoms with van der Waals surface area (Å²) in [5.41, 5.74) is 3.08. The van der Waals surface area contributed by atoms with E-state index in [1.807, 2.05) is 6.07 Å². The van der Waals surface area contributed by atoms with Gasteiger partial charge < -0.3 is 14.9 Å². The van der Waals surface area contributed by atoms with Crippen LogP contribution in [0.4, 0.5) is 18.9 Å². The van der Waals surface area contributed by atoms with Gasteiger partial charge in [-0.25, -0.2) is 4.63 Å². The number of anilines is 1. The van der Waals surface area contributed by atoms with Crippen LogP contribution in [0.3, 0.4) is 0 Å². The maximum absolute atomic E-state index is 12.9. The molecule has 1 atom stereocenters. The largest absolute Gasteiger partial charge is 0.418 e. The Morgan fingerprint density at radius 3 is 2.50 bits per heavy atom. The highest BCUT2D eigenvalue weighted by atomic mass is 19.4.